The van der Waals surface area contributed by atoms with Crippen LogP contribution in [0.2, 0.25) is 0 Å². The summed E-state index contributed by atoms with van der Waals surface area (Å²) in [5.41, 5.74) is 2.44. The van der Waals surface area contributed by atoms with Crippen LogP contribution in [0.3, 0.4) is 0 Å². The van der Waals surface area contributed by atoms with E-state index in [0.29, 0.717) is 6.61 Å². The predicted molar refractivity (Wildman–Crippen MR) is 90.6 cm³/mol. The Bertz CT molecular complexity index is 569. The van der Waals surface area contributed by atoms with Crippen LogP contribution in [0.1, 0.15) is 41.7 Å². The highest BCUT2D eigenvalue weighted by molar-refractivity contribution is 7.11. The van der Waals surface area contributed by atoms with Gasteiger partial charge >= 0.3 is 0 Å². The van der Waals surface area contributed by atoms with Gasteiger partial charge in [-0.1, -0.05) is 24.3 Å². The van der Waals surface area contributed by atoms with Crippen LogP contribution >= 0.6 is 11.3 Å². The van der Waals surface area contributed by atoms with E-state index in [1.54, 1.807) is 0 Å². The fourth-order valence-electron chi connectivity index (χ4n) is 2.04. The first-order chi connectivity index (χ1) is 9.92. The zero-order chi connectivity index (χ0) is 15.3. The van der Waals surface area contributed by atoms with Crippen molar-refractivity contribution in [3.8, 4) is 0 Å². The molecule has 2 rings (SSSR count). The van der Waals surface area contributed by atoms with Crippen LogP contribution < -0.4 is 5.32 Å². The van der Waals surface area contributed by atoms with Gasteiger partial charge in [-0.3, -0.25) is 0 Å². The summed E-state index contributed by atoms with van der Waals surface area (Å²) in [6.07, 6.45) is 0. The van der Waals surface area contributed by atoms with Crippen molar-refractivity contribution >= 4 is 11.3 Å². The smallest absolute Gasteiger partial charge is 0.0724 e. The minimum absolute atomic E-state index is 0.0920. The molecule has 1 N–H and O–H groups in total. The van der Waals surface area contributed by atoms with Gasteiger partial charge < -0.3 is 10.1 Å². The van der Waals surface area contributed by atoms with Crippen molar-refractivity contribution in [1.82, 2.24) is 5.32 Å². The maximum atomic E-state index is 5.83. The average Bonchev–Trinajstić information content (AvgIpc) is 2.82. The van der Waals surface area contributed by atoms with Gasteiger partial charge in [0.2, 0.25) is 0 Å². The van der Waals surface area contributed by atoms with E-state index >= 15 is 0 Å². The Balaban J connectivity index is 1.83. The van der Waals surface area contributed by atoms with Crippen molar-refractivity contribution in [1.29, 1.82) is 0 Å². The third kappa shape index (κ3) is 6.00. The van der Waals surface area contributed by atoms with E-state index in [-0.39, 0.29) is 5.60 Å². The number of nitrogens with one attached hydrogen (secondary N) is 1. The molecule has 0 radical (unpaired) electrons. The molecule has 1 aromatic carbocycles. The Morgan fingerprint density at radius 2 is 1.81 bits per heavy atom. The van der Waals surface area contributed by atoms with E-state index in [4.69, 9.17) is 4.74 Å². The standard InChI is InChI=1S/C18H25NOS/c1-14-8-9-17(21-14)12-19-11-15-6-5-7-16(10-15)13-20-18(2,3)4/h5-10,19H,11-13H2,1-4H3. The van der Waals surface area contributed by atoms with Crippen LogP contribution in [0, 0.1) is 6.92 Å². The molecule has 2 aromatic rings. The van der Waals surface area contributed by atoms with Gasteiger partial charge in [0.25, 0.3) is 0 Å². The van der Waals surface area contributed by atoms with E-state index in [9.17, 15) is 0 Å². The monoisotopic (exact) mass is 303 g/mol. The van der Waals surface area contributed by atoms with E-state index in [1.165, 1.54) is 20.9 Å². The molecule has 0 aliphatic heterocycles. The van der Waals surface area contributed by atoms with Gasteiger partial charge in [0.05, 0.1) is 12.2 Å². The lowest BCUT2D eigenvalue weighted by Gasteiger charge is -2.19. The van der Waals surface area contributed by atoms with Crippen LogP contribution in [-0.4, -0.2) is 5.60 Å². The zero-order valence-electron chi connectivity index (χ0n) is 13.4. The summed E-state index contributed by atoms with van der Waals surface area (Å²) in [7, 11) is 0. The molecule has 0 unspecified atom stereocenters. The van der Waals surface area contributed by atoms with Crippen LogP contribution in [-0.2, 0) is 24.4 Å². The Labute approximate surface area is 132 Å². The summed E-state index contributed by atoms with van der Waals surface area (Å²) in [6.45, 7) is 10.9. The molecule has 0 fully saturated rings. The Morgan fingerprint density at radius 3 is 2.48 bits per heavy atom. The second-order valence-electron chi connectivity index (χ2n) is 6.34. The van der Waals surface area contributed by atoms with Crippen molar-refractivity contribution in [2.75, 3.05) is 0 Å². The molecule has 0 atom stereocenters. The molecule has 0 aliphatic carbocycles. The molecule has 21 heavy (non-hydrogen) atoms. The summed E-state index contributed by atoms with van der Waals surface area (Å²) >= 11 is 1.85. The summed E-state index contributed by atoms with van der Waals surface area (Å²) in [6, 6.07) is 13.0. The first-order valence-corrected chi connectivity index (χ1v) is 8.22. The van der Waals surface area contributed by atoms with Gasteiger partial charge in [-0.25, -0.2) is 0 Å². The van der Waals surface area contributed by atoms with E-state index < -0.39 is 0 Å². The van der Waals surface area contributed by atoms with Gasteiger partial charge in [0.15, 0.2) is 0 Å². The average molecular weight is 303 g/mol. The number of thiophene rings is 1. The van der Waals surface area contributed by atoms with E-state index in [1.807, 2.05) is 11.3 Å². The molecule has 2 nitrogen and oxygen atoms in total. The largest absolute Gasteiger partial charge is 0.371 e. The highest BCUT2D eigenvalue weighted by atomic mass is 32.1. The van der Waals surface area contributed by atoms with Crippen molar-refractivity contribution in [3.63, 3.8) is 0 Å². The summed E-state index contributed by atoms with van der Waals surface area (Å²) in [5, 5.41) is 3.50. The first kappa shape index (κ1) is 16.2. The van der Waals surface area contributed by atoms with Crippen LogP contribution in [0.25, 0.3) is 0 Å². The first-order valence-electron chi connectivity index (χ1n) is 7.40. The van der Waals surface area contributed by atoms with E-state index in [0.717, 1.165) is 13.1 Å². The molecular weight excluding hydrogens is 278 g/mol. The fraction of sp³-hybridized carbons (Fsp3) is 0.444. The number of hydrogen-bond acceptors (Lipinski definition) is 3. The van der Waals surface area contributed by atoms with Crippen LogP contribution in [0.5, 0.6) is 0 Å². The zero-order valence-corrected chi connectivity index (χ0v) is 14.2. The molecule has 0 spiro atoms. The lowest BCUT2D eigenvalue weighted by molar-refractivity contribution is -0.0149. The van der Waals surface area contributed by atoms with Crippen molar-refractivity contribution in [3.05, 3.63) is 57.3 Å². The highest BCUT2D eigenvalue weighted by Gasteiger charge is 2.10. The van der Waals surface area contributed by atoms with Crippen molar-refractivity contribution < 1.29 is 4.74 Å². The Hall–Kier alpha value is -1.16. The van der Waals surface area contributed by atoms with Gasteiger partial charge in [-0.05, 0) is 51.0 Å². The normalized spacial score (nSPS) is 11.8. The maximum Gasteiger partial charge on any atom is 0.0724 e. The number of aryl methyl sites for hydroxylation is 1. The molecule has 0 bridgehead atoms. The summed E-state index contributed by atoms with van der Waals surface area (Å²) in [4.78, 5) is 2.76. The topological polar surface area (TPSA) is 21.3 Å². The Morgan fingerprint density at radius 1 is 1.05 bits per heavy atom. The lowest BCUT2D eigenvalue weighted by Crippen LogP contribution is -2.18. The van der Waals surface area contributed by atoms with Gasteiger partial charge in [-0.2, -0.15) is 0 Å². The molecule has 0 amide bonds. The van der Waals surface area contributed by atoms with Crippen molar-refractivity contribution in [2.45, 2.75) is 53.0 Å². The third-order valence-corrected chi connectivity index (χ3v) is 4.09. The molecule has 0 aliphatic rings. The highest BCUT2D eigenvalue weighted by Crippen LogP contribution is 2.15. The van der Waals surface area contributed by atoms with Crippen molar-refractivity contribution in [2.24, 2.45) is 0 Å². The summed E-state index contributed by atoms with van der Waals surface area (Å²) < 4.78 is 5.83. The summed E-state index contributed by atoms with van der Waals surface area (Å²) in [5.74, 6) is 0. The molecule has 3 heteroatoms. The molecular formula is C18H25NOS. The van der Waals surface area contributed by atoms with Crippen LogP contribution in [0.4, 0.5) is 0 Å². The minimum atomic E-state index is -0.0920. The van der Waals surface area contributed by atoms with Gasteiger partial charge in [-0.15, -0.1) is 11.3 Å². The Kier molecular flexibility index (Phi) is 5.57. The number of ether oxygens (including phenoxy) is 1. The molecule has 114 valence electrons. The molecule has 0 saturated carbocycles. The number of hydrogen-bond donors (Lipinski definition) is 1. The molecule has 1 heterocycles. The second kappa shape index (κ2) is 7.21. The van der Waals surface area contributed by atoms with Gasteiger partial charge in [0.1, 0.15) is 0 Å². The third-order valence-electron chi connectivity index (χ3n) is 3.09. The fourth-order valence-corrected chi connectivity index (χ4v) is 2.90. The maximum absolute atomic E-state index is 5.83. The predicted octanol–water partition coefficient (Wildman–Crippen LogP) is 4.66. The lowest BCUT2D eigenvalue weighted by atomic mass is 10.1. The SMILES string of the molecule is Cc1ccc(CNCc2cccc(COC(C)(C)C)c2)s1. The van der Waals surface area contributed by atoms with Crippen LogP contribution in [0.15, 0.2) is 36.4 Å². The number of rotatable bonds is 6. The molecule has 0 saturated heterocycles. The quantitative estimate of drug-likeness (QED) is 0.838. The second-order valence-corrected chi connectivity index (χ2v) is 7.71. The van der Waals surface area contributed by atoms with Gasteiger partial charge in [0, 0.05) is 22.8 Å². The van der Waals surface area contributed by atoms with E-state index in [2.05, 4.69) is 69.4 Å². The number of benzene rings is 1. The molecule has 1 aromatic heterocycles. The minimum Gasteiger partial charge on any atom is -0.371 e.